The summed E-state index contributed by atoms with van der Waals surface area (Å²) in [5, 5.41) is 8.06. The molecule has 0 saturated carbocycles. The van der Waals surface area contributed by atoms with Gasteiger partial charge in [0, 0.05) is 18.8 Å². The van der Waals surface area contributed by atoms with Gasteiger partial charge in [-0.25, -0.2) is 9.78 Å². The van der Waals surface area contributed by atoms with Gasteiger partial charge in [0.15, 0.2) is 0 Å². The molecular weight excluding hydrogens is 324 g/mol. The van der Waals surface area contributed by atoms with E-state index < -0.39 is 0 Å². The number of imidazole rings is 1. The first kappa shape index (κ1) is 16.1. The zero-order valence-corrected chi connectivity index (χ0v) is 14.6. The molecule has 0 atom stereocenters. The third-order valence-corrected chi connectivity index (χ3v) is 4.47. The number of amides is 2. The number of aromatic nitrogens is 2. The van der Waals surface area contributed by atoms with E-state index in [9.17, 15) is 4.79 Å². The van der Waals surface area contributed by atoms with E-state index in [1.165, 1.54) is 0 Å². The second kappa shape index (κ2) is 6.88. The van der Waals surface area contributed by atoms with Gasteiger partial charge in [-0.2, -0.15) is 0 Å². The minimum atomic E-state index is -0.206. The van der Waals surface area contributed by atoms with Crippen molar-refractivity contribution >= 4 is 33.5 Å². The highest BCUT2D eigenvalue weighted by atomic mass is 16.2. The van der Waals surface area contributed by atoms with E-state index in [0.29, 0.717) is 13.1 Å². The predicted octanol–water partition coefficient (Wildman–Crippen LogP) is 4.32. The molecule has 5 nitrogen and oxygen atoms in total. The van der Waals surface area contributed by atoms with Crippen molar-refractivity contribution in [3.05, 3.63) is 72.6 Å². The second-order valence-corrected chi connectivity index (χ2v) is 6.24. The molecule has 1 aromatic heterocycles. The Labute approximate surface area is 151 Å². The number of nitrogens with one attached hydrogen (secondary N) is 2. The molecule has 1 heterocycles. The van der Waals surface area contributed by atoms with Crippen LogP contribution in [-0.2, 0) is 6.54 Å². The first-order valence-electron chi connectivity index (χ1n) is 8.66. The third-order valence-electron chi connectivity index (χ3n) is 4.47. The topological polar surface area (TPSA) is 59.0 Å². The van der Waals surface area contributed by atoms with E-state index in [1.54, 1.807) is 0 Å². The number of aryl methyl sites for hydroxylation is 1. The summed E-state index contributed by atoms with van der Waals surface area (Å²) >= 11 is 0. The van der Waals surface area contributed by atoms with Crippen molar-refractivity contribution in [2.24, 2.45) is 0 Å². The number of benzene rings is 3. The first-order chi connectivity index (χ1) is 12.7. The molecule has 0 unspecified atom stereocenters. The Morgan fingerprint density at radius 1 is 1.00 bits per heavy atom. The Balaban J connectivity index is 1.38. The Morgan fingerprint density at radius 3 is 2.65 bits per heavy atom. The molecule has 130 valence electrons. The molecule has 0 aliphatic rings. The lowest BCUT2D eigenvalue weighted by Crippen LogP contribution is -2.31. The van der Waals surface area contributed by atoms with Gasteiger partial charge in [-0.1, -0.05) is 42.5 Å². The van der Waals surface area contributed by atoms with Gasteiger partial charge in [-0.3, -0.25) is 0 Å². The molecule has 2 amide bonds. The maximum atomic E-state index is 12.2. The lowest BCUT2D eigenvalue weighted by atomic mass is 10.1. The van der Waals surface area contributed by atoms with Gasteiger partial charge in [0.25, 0.3) is 0 Å². The van der Waals surface area contributed by atoms with Gasteiger partial charge in [-0.15, -0.1) is 0 Å². The standard InChI is InChI=1S/C21H20N4O/c1-15-23-19-8-4-5-9-20(19)25(15)13-12-22-21(26)24-18-11-10-16-6-2-3-7-17(16)14-18/h2-11,14H,12-13H2,1H3,(H2,22,24,26). The number of fused-ring (bicyclic) bond motifs is 2. The Hall–Kier alpha value is -3.34. The molecule has 4 rings (SSSR count). The summed E-state index contributed by atoms with van der Waals surface area (Å²) in [5.74, 6) is 0.947. The number of nitrogens with zero attached hydrogens (tertiary/aromatic N) is 2. The normalized spacial score (nSPS) is 11.0. The van der Waals surface area contributed by atoms with Gasteiger partial charge in [0.05, 0.1) is 11.0 Å². The molecule has 3 aromatic carbocycles. The molecule has 0 radical (unpaired) electrons. The van der Waals surface area contributed by atoms with Crippen LogP contribution in [0.1, 0.15) is 5.82 Å². The number of hydrogen-bond acceptors (Lipinski definition) is 2. The first-order valence-corrected chi connectivity index (χ1v) is 8.66. The van der Waals surface area contributed by atoms with Crippen LogP contribution in [-0.4, -0.2) is 22.1 Å². The molecule has 0 fully saturated rings. The van der Waals surface area contributed by atoms with E-state index in [4.69, 9.17) is 0 Å². The maximum absolute atomic E-state index is 12.2. The highest BCUT2D eigenvalue weighted by molar-refractivity contribution is 5.93. The van der Waals surface area contributed by atoms with Crippen molar-refractivity contribution in [1.82, 2.24) is 14.9 Å². The van der Waals surface area contributed by atoms with Gasteiger partial charge in [0.2, 0.25) is 0 Å². The van der Waals surface area contributed by atoms with Gasteiger partial charge < -0.3 is 15.2 Å². The van der Waals surface area contributed by atoms with Gasteiger partial charge >= 0.3 is 6.03 Å². The molecule has 26 heavy (non-hydrogen) atoms. The van der Waals surface area contributed by atoms with Crippen LogP contribution in [0.2, 0.25) is 0 Å². The molecule has 5 heteroatoms. The second-order valence-electron chi connectivity index (χ2n) is 6.24. The lowest BCUT2D eigenvalue weighted by Gasteiger charge is -2.10. The quantitative estimate of drug-likeness (QED) is 0.579. The van der Waals surface area contributed by atoms with E-state index in [0.717, 1.165) is 33.3 Å². The largest absolute Gasteiger partial charge is 0.336 e. The average Bonchev–Trinajstić information content (AvgIpc) is 2.97. The van der Waals surface area contributed by atoms with Crippen LogP contribution in [0, 0.1) is 6.92 Å². The SMILES string of the molecule is Cc1nc2ccccc2n1CCNC(=O)Nc1ccc2ccccc2c1. The molecule has 2 N–H and O–H groups in total. The molecule has 0 spiro atoms. The highest BCUT2D eigenvalue weighted by Gasteiger charge is 2.07. The number of rotatable bonds is 4. The minimum absolute atomic E-state index is 0.206. The van der Waals surface area contributed by atoms with Crippen LogP contribution >= 0.6 is 0 Å². The highest BCUT2D eigenvalue weighted by Crippen LogP contribution is 2.18. The van der Waals surface area contributed by atoms with E-state index in [-0.39, 0.29) is 6.03 Å². The fourth-order valence-electron chi connectivity index (χ4n) is 3.20. The minimum Gasteiger partial charge on any atom is -0.336 e. The van der Waals surface area contributed by atoms with Crippen LogP contribution < -0.4 is 10.6 Å². The number of anilines is 1. The Kier molecular flexibility index (Phi) is 4.27. The van der Waals surface area contributed by atoms with Crippen LogP contribution in [0.4, 0.5) is 10.5 Å². The van der Waals surface area contributed by atoms with Crippen molar-refractivity contribution in [1.29, 1.82) is 0 Å². The zero-order chi connectivity index (χ0) is 17.9. The zero-order valence-electron chi connectivity index (χ0n) is 14.6. The Bertz CT molecular complexity index is 1080. The van der Waals surface area contributed by atoms with E-state index >= 15 is 0 Å². The summed E-state index contributed by atoms with van der Waals surface area (Å²) in [5.41, 5.74) is 2.85. The molecule has 0 aliphatic heterocycles. The van der Waals surface area contributed by atoms with Crippen molar-refractivity contribution in [2.45, 2.75) is 13.5 Å². The van der Waals surface area contributed by atoms with Crippen LogP contribution in [0.5, 0.6) is 0 Å². The number of para-hydroxylation sites is 2. The monoisotopic (exact) mass is 344 g/mol. The number of carbonyl (C=O) groups excluding carboxylic acids is 1. The molecule has 0 saturated heterocycles. The van der Waals surface area contributed by atoms with Crippen molar-refractivity contribution in [3.8, 4) is 0 Å². The summed E-state index contributed by atoms with van der Waals surface area (Å²) in [4.78, 5) is 16.7. The fraction of sp³-hybridized carbons (Fsp3) is 0.143. The number of hydrogen-bond donors (Lipinski definition) is 2. The van der Waals surface area contributed by atoms with E-state index in [1.807, 2.05) is 67.6 Å². The van der Waals surface area contributed by atoms with Crippen LogP contribution in [0.25, 0.3) is 21.8 Å². The number of urea groups is 1. The van der Waals surface area contributed by atoms with Crippen molar-refractivity contribution < 1.29 is 4.79 Å². The summed E-state index contributed by atoms with van der Waals surface area (Å²) in [6.45, 7) is 3.19. The summed E-state index contributed by atoms with van der Waals surface area (Å²) in [7, 11) is 0. The molecular formula is C21H20N4O. The predicted molar refractivity (Wildman–Crippen MR) is 105 cm³/mol. The van der Waals surface area contributed by atoms with Crippen LogP contribution in [0.15, 0.2) is 66.7 Å². The average molecular weight is 344 g/mol. The fourth-order valence-corrected chi connectivity index (χ4v) is 3.20. The van der Waals surface area contributed by atoms with Crippen LogP contribution in [0.3, 0.4) is 0 Å². The lowest BCUT2D eigenvalue weighted by molar-refractivity contribution is 0.251. The molecule has 0 aliphatic carbocycles. The van der Waals surface area contributed by atoms with Gasteiger partial charge in [-0.05, 0) is 42.0 Å². The Morgan fingerprint density at radius 2 is 1.77 bits per heavy atom. The molecule has 4 aromatic rings. The summed E-state index contributed by atoms with van der Waals surface area (Å²) in [6.07, 6.45) is 0. The summed E-state index contributed by atoms with van der Waals surface area (Å²) < 4.78 is 2.12. The van der Waals surface area contributed by atoms with Crippen molar-refractivity contribution in [3.63, 3.8) is 0 Å². The van der Waals surface area contributed by atoms with E-state index in [2.05, 4.69) is 26.3 Å². The smallest absolute Gasteiger partial charge is 0.319 e. The summed E-state index contributed by atoms with van der Waals surface area (Å²) in [6, 6.07) is 21.8. The molecule has 0 bridgehead atoms. The van der Waals surface area contributed by atoms with Gasteiger partial charge in [0.1, 0.15) is 5.82 Å². The number of carbonyl (C=O) groups is 1. The third kappa shape index (κ3) is 3.24. The van der Waals surface area contributed by atoms with Crippen molar-refractivity contribution in [2.75, 3.05) is 11.9 Å². The maximum Gasteiger partial charge on any atom is 0.319 e.